The van der Waals surface area contributed by atoms with E-state index in [1.807, 2.05) is 12.0 Å². The Morgan fingerprint density at radius 2 is 1.89 bits per heavy atom. The maximum Gasteiger partial charge on any atom is 0.432 e. The number of rotatable bonds is 6. The van der Waals surface area contributed by atoms with Crippen LogP contribution in [0.2, 0.25) is 0 Å². The first-order valence-electron chi connectivity index (χ1n) is 7.67. The molecule has 1 aromatic carbocycles. The molecule has 0 saturated carbocycles. The average molecular weight is 417 g/mol. The van der Waals surface area contributed by atoms with Crippen LogP contribution in [0.3, 0.4) is 0 Å². The summed E-state index contributed by atoms with van der Waals surface area (Å²) in [5.41, 5.74) is -0.634. The van der Waals surface area contributed by atoms with Gasteiger partial charge in [-0.2, -0.15) is 18.3 Å². The highest BCUT2D eigenvalue weighted by atomic mass is 32.2. The van der Waals surface area contributed by atoms with Gasteiger partial charge in [0, 0.05) is 5.69 Å². The second-order valence-corrected chi connectivity index (χ2v) is 8.34. The van der Waals surface area contributed by atoms with Gasteiger partial charge in [0.2, 0.25) is 0 Å². The standard InChI is InChI=1S/C16H14F3N3O3S2/c1-2-25-11-5-3-10(4-6-11)22-27(23,24)15-8-7-13(26-15)12-9-14(21-20-12)16(17,18)19/h3-9,22H,2H2,1H3,(H,20,21). The molecule has 11 heteroatoms. The number of alkyl halides is 3. The van der Waals surface area contributed by atoms with Crippen LogP contribution in [0.1, 0.15) is 12.6 Å². The maximum absolute atomic E-state index is 12.6. The van der Waals surface area contributed by atoms with Crippen molar-refractivity contribution in [1.29, 1.82) is 0 Å². The highest BCUT2D eigenvalue weighted by Crippen LogP contribution is 2.34. The van der Waals surface area contributed by atoms with E-state index < -0.39 is 21.9 Å². The Kier molecular flexibility index (Phi) is 5.16. The number of aromatic nitrogens is 2. The van der Waals surface area contributed by atoms with Gasteiger partial charge in [-0.1, -0.05) is 0 Å². The molecule has 0 unspecified atom stereocenters. The van der Waals surface area contributed by atoms with Crippen LogP contribution in [0.25, 0.3) is 10.6 Å². The predicted octanol–water partition coefficient (Wildman–Crippen LogP) is 4.36. The van der Waals surface area contributed by atoms with Crippen molar-refractivity contribution in [2.24, 2.45) is 0 Å². The summed E-state index contributed by atoms with van der Waals surface area (Å²) in [7, 11) is -3.88. The number of thiophene rings is 1. The van der Waals surface area contributed by atoms with Crippen molar-refractivity contribution in [3.05, 3.63) is 48.2 Å². The SMILES string of the molecule is CCOc1ccc(NS(=O)(=O)c2ccc(-c3cc(C(F)(F)F)[nH]n3)s2)cc1. The monoisotopic (exact) mass is 417 g/mol. The summed E-state index contributed by atoms with van der Waals surface area (Å²) < 4.78 is 70.6. The molecule has 27 heavy (non-hydrogen) atoms. The molecule has 0 aliphatic rings. The molecule has 2 heterocycles. The molecule has 0 aliphatic carbocycles. The van der Waals surface area contributed by atoms with Crippen molar-refractivity contribution in [1.82, 2.24) is 10.2 Å². The third-order valence-electron chi connectivity index (χ3n) is 3.40. The zero-order valence-corrected chi connectivity index (χ0v) is 15.5. The molecule has 2 aromatic heterocycles. The molecule has 0 aliphatic heterocycles. The summed E-state index contributed by atoms with van der Waals surface area (Å²) in [6, 6.07) is 9.93. The van der Waals surface area contributed by atoms with E-state index in [2.05, 4.69) is 9.82 Å². The second-order valence-electron chi connectivity index (χ2n) is 5.35. The molecular formula is C16H14F3N3O3S2. The minimum atomic E-state index is -4.55. The van der Waals surface area contributed by atoms with Gasteiger partial charge in [0.05, 0.1) is 11.5 Å². The second kappa shape index (κ2) is 7.24. The van der Waals surface area contributed by atoms with E-state index in [1.165, 1.54) is 12.1 Å². The summed E-state index contributed by atoms with van der Waals surface area (Å²) in [4.78, 5) is 0.300. The third-order valence-corrected chi connectivity index (χ3v) is 6.38. The molecule has 0 bridgehead atoms. The van der Waals surface area contributed by atoms with Crippen molar-refractivity contribution in [2.75, 3.05) is 11.3 Å². The highest BCUT2D eigenvalue weighted by molar-refractivity contribution is 7.94. The molecule has 0 spiro atoms. The minimum Gasteiger partial charge on any atom is -0.494 e. The molecule has 144 valence electrons. The largest absolute Gasteiger partial charge is 0.494 e. The van der Waals surface area contributed by atoms with Gasteiger partial charge in [-0.25, -0.2) is 8.42 Å². The first-order valence-corrected chi connectivity index (χ1v) is 9.97. The molecular weight excluding hydrogens is 403 g/mol. The topological polar surface area (TPSA) is 84.1 Å². The Balaban J connectivity index is 1.79. The average Bonchev–Trinajstić information content (AvgIpc) is 3.25. The number of hydrogen-bond donors (Lipinski definition) is 2. The highest BCUT2D eigenvalue weighted by Gasteiger charge is 2.33. The Hall–Kier alpha value is -2.53. The van der Waals surface area contributed by atoms with E-state index in [1.54, 1.807) is 24.3 Å². The number of hydrogen-bond acceptors (Lipinski definition) is 5. The van der Waals surface area contributed by atoms with E-state index in [4.69, 9.17) is 4.74 Å². The van der Waals surface area contributed by atoms with Gasteiger partial charge in [-0.05, 0) is 49.4 Å². The molecule has 0 amide bonds. The normalized spacial score (nSPS) is 12.1. The molecule has 0 fully saturated rings. The van der Waals surface area contributed by atoms with Crippen molar-refractivity contribution < 1.29 is 26.3 Å². The zero-order valence-electron chi connectivity index (χ0n) is 13.9. The lowest BCUT2D eigenvalue weighted by Crippen LogP contribution is -2.11. The van der Waals surface area contributed by atoms with E-state index >= 15 is 0 Å². The molecule has 2 N–H and O–H groups in total. The van der Waals surface area contributed by atoms with Gasteiger partial charge in [-0.15, -0.1) is 11.3 Å². The van der Waals surface area contributed by atoms with Crippen LogP contribution in [0.15, 0.2) is 46.7 Å². The van der Waals surface area contributed by atoms with Crippen molar-refractivity contribution in [3.8, 4) is 16.3 Å². The number of benzene rings is 1. The number of halogens is 3. The fourth-order valence-corrected chi connectivity index (χ4v) is 4.51. The summed E-state index contributed by atoms with van der Waals surface area (Å²) in [6.45, 7) is 2.33. The van der Waals surface area contributed by atoms with E-state index in [0.717, 1.165) is 17.4 Å². The molecule has 0 atom stereocenters. The first kappa shape index (κ1) is 19.2. The fourth-order valence-electron chi connectivity index (χ4n) is 2.19. The minimum absolute atomic E-state index is 0.0230. The molecule has 0 radical (unpaired) electrons. The lowest BCUT2D eigenvalue weighted by molar-refractivity contribution is -0.141. The number of ether oxygens (including phenoxy) is 1. The van der Waals surface area contributed by atoms with Crippen LogP contribution in [-0.4, -0.2) is 25.2 Å². The number of anilines is 1. The zero-order chi connectivity index (χ0) is 19.7. The van der Waals surface area contributed by atoms with Crippen LogP contribution >= 0.6 is 11.3 Å². The summed E-state index contributed by atoms with van der Waals surface area (Å²) in [5, 5.41) is 5.50. The third kappa shape index (κ3) is 4.42. The number of aromatic amines is 1. The Morgan fingerprint density at radius 3 is 2.48 bits per heavy atom. The van der Waals surface area contributed by atoms with Crippen molar-refractivity contribution in [3.63, 3.8) is 0 Å². The Bertz CT molecular complexity index is 1030. The first-order chi connectivity index (χ1) is 12.7. The number of H-pyrrole nitrogens is 1. The lowest BCUT2D eigenvalue weighted by Gasteiger charge is -2.07. The fraction of sp³-hybridized carbons (Fsp3) is 0.188. The van der Waals surface area contributed by atoms with Crippen LogP contribution < -0.4 is 9.46 Å². The van der Waals surface area contributed by atoms with Gasteiger partial charge < -0.3 is 4.74 Å². The predicted molar refractivity (Wildman–Crippen MR) is 95.3 cm³/mol. The summed E-state index contributed by atoms with van der Waals surface area (Å²) >= 11 is 0.822. The van der Waals surface area contributed by atoms with Crippen LogP contribution in [0.4, 0.5) is 18.9 Å². The number of nitrogens with zero attached hydrogens (tertiary/aromatic N) is 1. The van der Waals surface area contributed by atoms with Crippen LogP contribution in [0.5, 0.6) is 5.75 Å². The summed E-state index contributed by atoms with van der Waals surface area (Å²) in [6.07, 6.45) is -4.55. The molecule has 3 rings (SSSR count). The molecule has 3 aromatic rings. The number of nitrogens with one attached hydrogen (secondary N) is 2. The van der Waals surface area contributed by atoms with Gasteiger partial charge in [0.25, 0.3) is 10.0 Å². The maximum atomic E-state index is 12.6. The van der Waals surface area contributed by atoms with E-state index in [9.17, 15) is 21.6 Å². The van der Waals surface area contributed by atoms with E-state index in [0.29, 0.717) is 22.9 Å². The van der Waals surface area contributed by atoms with Crippen LogP contribution in [0, 0.1) is 0 Å². The van der Waals surface area contributed by atoms with Crippen molar-refractivity contribution >= 4 is 27.0 Å². The number of sulfonamides is 1. The molecule has 0 saturated heterocycles. The van der Waals surface area contributed by atoms with Crippen molar-refractivity contribution in [2.45, 2.75) is 17.3 Å². The molecule has 6 nitrogen and oxygen atoms in total. The Morgan fingerprint density at radius 1 is 1.19 bits per heavy atom. The van der Waals surface area contributed by atoms with Gasteiger partial charge >= 0.3 is 6.18 Å². The van der Waals surface area contributed by atoms with Gasteiger partial charge in [0.1, 0.15) is 21.3 Å². The smallest absolute Gasteiger partial charge is 0.432 e. The Labute approximate surface area is 157 Å². The lowest BCUT2D eigenvalue weighted by atomic mass is 10.3. The van der Waals surface area contributed by atoms with Gasteiger partial charge in [0.15, 0.2) is 0 Å². The van der Waals surface area contributed by atoms with Gasteiger partial charge in [-0.3, -0.25) is 9.82 Å². The van der Waals surface area contributed by atoms with E-state index in [-0.39, 0.29) is 9.90 Å². The quantitative estimate of drug-likeness (QED) is 0.624. The van der Waals surface area contributed by atoms with Crippen LogP contribution in [-0.2, 0) is 16.2 Å². The summed E-state index contributed by atoms with van der Waals surface area (Å²) in [5.74, 6) is 0.609.